The smallest absolute Gasteiger partial charge is 0.231 e. The van der Waals surface area contributed by atoms with Gasteiger partial charge in [0.05, 0.1) is 18.2 Å². The Morgan fingerprint density at radius 3 is 2.70 bits per heavy atom. The number of amides is 1. The summed E-state index contributed by atoms with van der Waals surface area (Å²) in [6.45, 7) is 1.08. The van der Waals surface area contributed by atoms with Crippen LogP contribution >= 0.6 is 0 Å². The van der Waals surface area contributed by atoms with Crippen LogP contribution in [0.1, 0.15) is 6.42 Å². The largest absolute Gasteiger partial charge is 0.457 e. The second kappa shape index (κ2) is 7.97. The summed E-state index contributed by atoms with van der Waals surface area (Å²) < 4.78 is 11.3. The molecule has 1 saturated heterocycles. The van der Waals surface area contributed by atoms with E-state index in [1.165, 1.54) is 6.33 Å². The van der Waals surface area contributed by atoms with Crippen molar-refractivity contribution in [2.24, 2.45) is 5.92 Å². The van der Waals surface area contributed by atoms with Crippen molar-refractivity contribution in [1.29, 1.82) is 0 Å². The van der Waals surface area contributed by atoms with Gasteiger partial charge in [0.1, 0.15) is 23.6 Å². The fourth-order valence-electron chi connectivity index (χ4n) is 2.93. The van der Waals surface area contributed by atoms with Crippen LogP contribution in [0.2, 0.25) is 0 Å². The van der Waals surface area contributed by atoms with Crippen molar-refractivity contribution < 1.29 is 14.3 Å². The Morgan fingerprint density at radius 2 is 1.89 bits per heavy atom. The van der Waals surface area contributed by atoms with E-state index in [1.54, 1.807) is 6.07 Å². The number of anilines is 1. The van der Waals surface area contributed by atoms with Gasteiger partial charge >= 0.3 is 0 Å². The van der Waals surface area contributed by atoms with E-state index >= 15 is 0 Å². The normalized spacial score (nSPS) is 16.1. The number of hydrogen-bond donors (Lipinski definition) is 1. The summed E-state index contributed by atoms with van der Waals surface area (Å²) in [7, 11) is 0. The van der Waals surface area contributed by atoms with E-state index in [9.17, 15) is 4.79 Å². The fraction of sp³-hybridized carbons (Fsp3) is 0.190. The van der Waals surface area contributed by atoms with Crippen LogP contribution in [0.3, 0.4) is 0 Å². The average molecular weight is 361 g/mol. The average Bonchev–Trinajstić information content (AvgIpc) is 3.25. The summed E-state index contributed by atoms with van der Waals surface area (Å²) in [5, 5.41) is 2.85. The minimum absolute atomic E-state index is 0.0778. The first-order valence-electron chi connectivity index (χ1n) is 8.82. The molecule has 0 bridgehead atoms. The van der Waals surface area contributed by atoms with Crippen LogP contribution < -0.4 is 10.1 Å². The van der Waals surface area contributed by atoms with Crippen molar-refractivity contribution in [3.05, 3.63) is 67.0 Å². The summed E-state index contributed by atoms with van der Waals surface area (Å²) in [6, 6.07) is 19.0. The molecule has 1 N–H and O–H groups in total. The van der Waals surface area contributed by atoms with E-state index in [2.05, 4.69) is 15.3 Å². The molecule has 0 aliphatic carbocycles. The van der Waals surface area contributed by atoms with Gasteiger partial charge in [0.2, 0.25) is 5.91 Å². The number of ether oxygens (including phenoxy) is 2. The fourth-order valence-corrected chi connectivity index (χ4v) is 2.93. The standard InChI is InChI=1S/C21H19N3O3/c25-21(15-10-11-26-13-15)24-20-12-18(22-14-23-20)17-8-4-5-9-19(17)27-16-6-2-1-3-7-16/h1-9,12,14-15H,10-11,13H2,(H,22,23,24,25). The molecule has 2 aromatic carbocycles. The molecule has 0 spiro atoms. The lowest BCUT2D eigenvalue weighted by molar-refractivity contribution is -0.119. The molecule has 0 saturated carbocycles. The summed E-state index contributed by atoms with van der Waals surface area (Å²) in [5.74, 6) is 1.69. The minimum atomic E-state index is -0.128. The number of benzene rings is 2. The van der Waals surface area contributed by atoms with Gasteiger partial charge in [-0.25, -0.2) is 9.97 Å². The molecule has 1 fully saturated rings. The molecule has 1 atom stereocenters. The van der Waals surface area contributed by atoms with Gasteiger partial charge in [-0.15, -0.1) is 0 Å². The van der Waals surface area contributed by atoms with Crippen LogP contribution in [0.25, 0.3) is 11.3 Å². The molecule has 0 radical (unpaired) electrons. The number of rotatable bonds is 5. The van der Waals surface area contributed by atoms with Gasteiger partial charge in [0, 0.05) is 18.2 Å². The van der Waals surface area contributed by atoms with Gasteiger partial charge in [-0.2, -0.15) is 0 Å². The molecule has 1 unspecified atom stereocenters. The highest BCUT2D eigenvalue weighted by molar-refractivity contribution is 5.92. The lowest BCUT2D eigenvalue weighted by Gasteiger charge is -2.12. The topological polar surface area (TPSA) is 73.3 Å². The summed E-state index contributed by atoms with van der Waals surface area (Å²) in [6.07, 6.45) is 2.17. The quantitative estimate of drug-likeness (QED) is 0.746. The predicted octanol–water partition coefficient (Wildman–Crippen LogP) is 3.91. The molecule has 6 nitrogen and oxygen atoms in total. The lowest BCUT2D eigenvalue weighted by Crippen LogP contribution is -2.23. The van der Waals surface area contributed by atoms with Crippen molar-refractivity contribution in [1.82, 2.24) is 9.97 Å². The van der Waals surface area contributed by atoms with E-state index in [1.807, 2.05) is 54.6 Å². The third-order valence-electron chi connectivity index (χ3n) is 4.35. The van der Waals surface area contributed by atoms with Crippen molar-refractivity contribution >= 4 is 11.7 Å². The van der Waals surface area contributed by atoms with Crippen molar-refractivity contribution in [3.63, 3.8) is 0 Å². The maximum Gasteiger partial charge on any atom is 0.231 e. The van der Waals surface area contributed by atoms with E-state index in [0.717, 1.165) is 17.7 Å². The summed E-state index contributed by atoms with van der Waals surface area (Å²) >= 11 is 0. The van der Waals surface area contributed by atoms with Crippen LogP contribution in [0.5, 0.6) is 11.5 Å². The highest BCUT2D eigenvalue weighted by atomic mass is 16.5. The first-order valence-corrected chi connectivity index (χ1v) is 8.82. The molecule has 1 amide bonds. The van der Waals surface area contributed by atoms with E-state index in [4.69, 9.17) is 9.47 Å². The van der Waals surface area contributed by atoms with Crippen molar-refractivity contribution in [3.8, 4) is 22.8 Å². The highest BCUT2D eigenvalue weighted by Gasteiger charge is 2.24. The zero-order valence-corrected chi connectivity index (χ0v) is 14.7. The van der Waals surface area contributed by atoms with Gasteiger partial charge in [-0.3, -0.25) is 4.79 Å². The number of aromatic nitrogens is 2. The Balaban J connectivity index is 1.57. The number of hydrogen-bond acceptors (Lipinski definition) is 5. The zero-order chi connectivity index (χ0) is 18.5. The van der Waals surface area contributed by atoms with Crippen LogP contribution in [0.4, 0.5) is 5.82 Å². The molecule has 2 heterocycles. The van der Waals surface area contributed by atoms with E-state index < -0.39 is 0 Å². The first-order chi connectivity index (χ1) is 13.3. The molecule has 1 aliphatic heterocycles. The zero-order valence-electron chi connectivity index (χ0n) is 14.7. The molecular formula is C21H19N3O3. The third kappa shape index (κ3) is 4.12. The molecule has 136 valence electrons. The number of nitrogens with one attached hydrogen (secondary N) is 1. The van der Waals surface area contributed by atoms with Gasteiger partial charge in [-0.05, 0) is 30.7 Å². The van der Waals surface area contributed by atoms with Crippen LogP contribution in [0, 0.1) is 5.92 Å². The summed E-state index contributed by atoms with van der Waals surface area (Å²) in [4.78, 5) is 20.8. The van der Waals surface area contributed by atoms with Crippen LogP contribution in [-0.4, -0.2) is 29.1 Å². The molecule has 1 aliphatic rings. The molecule has 3 aromatic rings. The second-order valence-corrected chi connectivity index (χ2v) is 6.25. The maximum absolute atomic E-state index is 12.3. The molecule has 27 heavy (non-hydrogen) atoms. The maximum atomic E-state index is 12.3. The Bertz CT molecular complexity index is 925. The van der Waals surface area contributed by atoms with Gasteiger partial charge in [-0.1, -0.05) is 30.3 Å². The number of para-hydroxylation sites is 2. The van der Waals surface area contributed by atoms with Gasteiger partial charge in [0.25, 0.3) is 0 Å². The second-order valence-electron chi connectivity index (χ2n) is 6.25. The van der Waals surface area contributed by atoms with Gasteiger partial charge < -0.3 is 14.8 Å². The molecular weight excluding hydrogens is 342 g/mol. The Hall–Kier alpha value is -3.25. The molecule has 6 heteroatoms. The van der Waals surface area contributed by atoms with Crippen LogP contribution in [-0.2, 0) is 9.53 Å². The molecule has 4 rings (SSSR count). The monoisotopic (exact) mass is 361 g/mol. The molecule has 1 aromatic heterocycles. The highest BCUT2D eigenvalue weighted by Crippen LogP contribution is 2.32. The minimum Gasteiger partial charge on any atom is -0.457 e. The number of carbonyl (C=O) groups excluding carboxylic acids is 1. The first kappa shape index (κ1) is 17.2. The Morgan fingerprint density at radius 1 is 1.07 bits per heavy atom. The Kier molecular flexibility index (Phi) is 5.07. The predicted molar refractivity (Wildman–Crippen MR) is 102 cm³/mol. The SMILES string of the molecule is O=C(Nc1cc(-c2ccccc2Oc2ccccc2)ncn1)C1CCOC1. The third-order valence-corrected chi connectivity index (χ3v) is 4.35. The van der Waals surface area contributed by atoms with Crippen molar-refractivity contribution in [2.45, 2.75) is 6.42 Å². The summed E-state index contributed by atoms with van der Waals surface area (Å²) in [5.41, 5.74) is 1.50. The van der Waals surface area contributed by atoms with Crippen molar-refractivity contribution in [2.75, 3.05) is 18.5 Å². The Labute approximate surface area is 157 Å². The van der Waals surface area contributed by atoms with E-state index in [0.29, 0.717) is 30.5 Å². The number of nitrogens with zero attached hydrogens (tertiary/aromatic N) is 2. The number of carbonyl (C=O) groups is 1. The van der Waals surface area contributed by atoms with E-state index in [-0.39, 0.29) is 11.8 Å². The lowest BCUT2D eigenvalue weighted by atomic mass is 10.1. The van der Waals surface area contributed by atoms with Crippen LogP contribution in [0.15, 0.2) is 67.0 Å². The van der Waals surface area contributed by atoms with Gasteiger partial charge in [0.15, 0.2) is 0 Å².